The van der Waals surface area contributed by atoms with Crippen molar-refractivity contribution in [1.29, 1.82) is 0 Å². The van der Waals surface area contributed by atoms with E-state index in [-0.39, 0.29) is 23.3 Å². The van der Waals surface area contributed by atoms with Crippen molar-refractivity contribution in [1.82, 2.24) is 0 Å². The van der Waals surface area contributed by atoms with Gasteiger partial charge < -0.3 is 14.0 Å². The summed E-state index contributed by atoms with van der Waals surface area (Å²) in [5, 5.41) is 0. The number of rotatable bonds is 8. The number of ether oxygens (including phenoxy) is 1. The van der Waals surface area contributed by atoms with Crippen molar-refractivity contribution in [3.05, 3.63) is 47.4 Å². The smallest absolute Gasteiger partial charge is 0.462 e. The van der Waals surface area contributed by atoms with Gasteiger partial charge in [0.05, 0.1) is 11.2 Å². The summed E-state index contributed by atoms with van der Waals surface area (Å²) in [4.78, 5) is 11.4. The number of hydrogen-bond donors (Lipinski definition) is 0. The molecule has 0 spiro atoms. The molecule has 0 amide bonds. The van der Waals surface area contributed by atoms with Crippen LogP contribution in [0.4, 0.5) is 0 Å². The van der Waals surface area contributed by atoms with Crippen molar-refractivity contribution in [3.63, 3.8) is 0 Å². The molecule has 1 aliphatic rings. The van der Waals surface area contributed by atoms with E-state index in [4.69, 9.17) is 14.0 Å². The van der Waals surface area contributed by atoms with Crippen molar-refractivity contribution in [2.24, 2.45) is 0 Å². The van der Waals surface area contributed by atoms with Gasteiger partial charge in [0, 0.05) is 13.3 Å². The Kier molecular flexibility index (Phi) is 7.29. The molecule has 0 saturated carbocycles. The summed E-state index contributed by atoms with van der Waals surface area (Å²) in [5.41, 5.74) is 1.57. The highest BCUT2D eigenvalue weighted by Gasteiger charge is 2.52. The van der Waals surface area contributed by atoms with Crippen LogP contribution in [0.1, 0.15) is 66.4 Å². The van der Waals surface area contributed by atoms with Gasteiger partial charge in [-0.15, -0.1) is 0 Å². The molecule has 1 fully saturated rings. The second kappa shape index (κ2) is 9.07. The summed E-state index contributed by atoms with van der Waals surface area (Å²) in [6.45, 7) is 11.7. The molecule has 1 aromatic carbocycles. The Bertz CT molecular complexity index is 636. The van der Waals surface area contributed by atoms with Gasteiger partial charge in [-0.1, -0.05) is 43.3 Å². The molecular weight excluding hydrogens is 339 g/mol. The lowest BCUT2D eigenvalue weighted by molar-refractivity contribution is -0.146. The standard InChI is InChI=1S/C22H33BO4/c1-7-20(25-17(2)24)16-19(15-11-14-18-12-9-8-10-13-18)23-26-21(3,4)22(5,6)27-23/h8-10,12-13,15,20H,7,11,14,16H2,1-6H3/b19-15-. The quantitative estimate of drug-likeness (QED) is 0.481. The van der Waals surface area contributed by atoms with Crippen molar-refractivity contribution in [3.8, 4) is 0 Å². The molecule has 27 heavy (non-hydrogen) atoms. The molecule has 2 rings (SSSR count). The van der Waals surface area contributed by atoms with Gasteiger partial charge in [-0.3, -0.25) is 4.79 Å². The van der Waals surface area contributed by atoms with Crippen LogP contribution < -0.4 is 0 Å². The maximum Gasteiger partial charge on any atom is 0.490 e. The van der Waals surface area contributed by atoms with Crippen LogP contribution in [0.15, 0.2) is 41.9 Å². The molecule has 0 radical (unpaired) electrons. The molecule has 1 atom stereocenters. The van der Waals surface area contributed by atoms with Gasteiger partial charge in [-0.25, -0.2) is 0 Å². The van der Waals surface area contributed by atoms with Gasteiger partial charge in [0.15, 0.2) is 0 Å². The minimum absolute atomic E-state index is 0.163. The first kappa shape index (κ1) is 21.7. The summed E-state index contributed by atoms with van der Waals surface area (Å²) in [6.07, 6.45) is 5.26. The van der Waals surface area contributed by atoms with E-state index in [1.807, 2.05) is 13.0 Å². The summed E-state index contributed by atoms with van der Waals surface area (Å²) < 4.78 is 18.0. The van der Waals surface area contributed by atoms with Gasteiger partial charge >= 0.3 is 13.1 Å². The van der Waals surface area contributed by atoms with E-state index in [1.54, 1.807) is 0 Å². The Balaban J connectivity index is 2.15. The van der Waals surface area contributed by atoms with E-state index < -0.39 is 7.12 Å². The van der Waals surface area contributed by atoms with Crippen LogP contribution in [-0.4, -0.2) is 30.4 Å². The molecule has 4 nitrogen and oxygen atoms in total. The van der Waals surface area contributed by atoms with Gasteiger partial charge in [-0.2, -0.15) is 0 Å². The topological polar surface area (TPSA) is 44.8 Å². The second-order valence-electron chi connectivity index (χ2n) is 8.24. The third-order valence-electron chi connectivity index (χ3n) is 5.49. The molecular formula is C22H33BO4. The average Bonchev–Trinajstić information content (AvgIpc) is 2.81. The molecule has 1 saturated heterocycles. The van der Waals surface area contributed by atoms with Gasteiger partial charge in [0.2, 0.25) is 0 Å². The van der Waals surface area contributed by atoms with Crippen LogP contribution in [0.2, 0.25) is 0 Å². The van der Waals surface area contributed by atoms with Crippen LogP contribution in [0.25, 0.3) is 0 Å². The highest BCUT2D eigenvalue weighted by molar-refractivity contribution is 6.54. The molecule has 0 N–H and O–H groups in total. The zero-order valence-corrected chi connectivity index (χ0v) is 17.6. The number of esters is 1. The SMILES string of the molecule is CCC(C/C(=C/CCc1ccccc1)B1OC(C)(C)C(C)(C)O1)OC(C)=O. The van der Waals surface area contributed by atoms with E-state index >= 15 is 0 Å². The fourth-order valence-corrected chi connectivity index (χ4v) is 3.11. The van der Waals surface area contributed by atoms with Gasteiger partial charge in [-0.05, 0) is 58.0 Å². The molecule has 0 aliphatic carbocycles. The summed E-state index contributed by atoms with van der Waals surface area (Å²) in [5.74, 6) is -0.251. The maximum atomic E-state index is 11.4. The van der Waals surface area contributed by atoms with Crippen LogP contribution in [0.3, 0.4) is 0 Å². The third kappa shape index (κ3) is 5.95. The van der Waals surface area contributed by atoms with Crippen molar-refractivity contribution in [2.45, 2.75) is 84.5 Å². The number of carbonyl (C=O) groups is 1. The lowest BCUT2D eigenvalue weighted by atomic mass is 9.74. The Labute approximate surface area is 164 Å². The molecule has 1 heterocycles. The first-order valence-electron chi connectivity index (χ1n) is 9.90. The number of allylic oxidation sites excluding steroid dienone is 1. The lowest BCUT2D eigenvalue weighted by Crippen LogP contribution is -2.41. The van der Waals surface area contributed by atoms with Crippen LogP contribution in [-0.2, 0) is 25.3 Å². The average molecular weight is 372 g/mol. The van der Waals surface area contributed by atoms with E-state index in [0.29, 0.717) is 6.42 Å². The third-order valence-corrected chi connectivity index (χ3v) is 5.49. The van der Waals surface area contributed by atoms with Crippen molar-refractivity contribution >= 4 is 13.1 Å². The number of aryl methyl sites for hydroxylation is 1. The number of hydrogen-bond acceptors (Lipinski definition) is 4. The minimum Gasteiger partial charge on any atom is -0.462 e. The van der Waals surface area contributed by atoms with Crippen molar-refractivity contribution in [2.75, 3.05) is 0 Å². The van der Waals surface area contributed by atoms with E-state index in [9.17, 15) is 4.79 Å². The van der Waals surface area contributed by atoms with Gasteiger partial charge in [0.1, 0.15) is 6.10 Å². The Morgan fingerprint density at radius 2 is 1.74 bits per heavy atom. The normalized spacial score (nSPS) is 19.8. The monoisotopic (exact) mass is 372 g/mol. The Hall–Kier alpha value is -1.59. The Morgan fingerprint density at radius 3 is 2.26 bits per heavy atom. The molecule has 1 unspecified atom stereocenters. The summed E-state index contributed by atoms with van der Waals surface area (Å²) in [7, 11) is -0.407. The van der Waals surface area contributed by atoms with Crippen molar-refractivity contribution < 1.29 is 18.8 Å². The van der Waals surface area contributed by atoms with Crippen LogP contribution in [0.5, 0.6) is 0 Å². The zero-order chi connectivity index (χ0) is 20.1. The van der Waals surface area contributed by atoms with Crippen LogP contribution in [0, 0.1) is 0 Å². The fourth-order valence-electron chi connectivity index (χ4n) is 3.11. The molecule has 1 aliphatic heterocycles. The highest BCUT2D eigenvalue weighted by atomic mass is 16.7. The molecule has 1 aromatic rings. The minimum atomic E-state index is -0.407. The highest BCUT2D eigenvalue weighted by Crippen LogP contribution is 2.39. The zero-order valence-electron chi connectivity index (χ0n) is 17.6. The van der Waals surface area contributed by atoms with Gasteiger partial charge in [0.25, 0.3) is 0 Å². The first-order valence-corrected chi connectivity index (χ1v) is 9.90. The largest absolute Gasteiger partial charge is 0.490 e. The molecule has 5 heteroatoms. The molecule has 0 aromatic heterocycles. The fraction of sp³-hybridized carbons (Fsp3) is 0.591. The van der Waals surface area contributed by atoms with Crippen LogP contribution >= 0.6 is 0 Å². The number of carbonyl (C=O) groups excluding carboxylic acids is 1. The summed E-state index contributed by atoms with van der Waals surface area (Å²) >= 11 is 0. The Morgan fingerprint density at radius 1 is 1.15 bits per heavy atom. The molecule has 148 valence electrons. The second-order valence-corrected chi connectivity index (χ2v) is 8.24. The van der Waals surface area contributed by atoms with E-state index in [1.165, 1.54) is 12.5 Å². The predicted molar refractivity (Wildman–Crippen MR) is 109 cm³/mol. The van der Waals surface area contributed by atoms with E-state index in [2.05, 4.69) is 58.0 Å². The van der Waals surface area contributed by atoms with E-state index in [0.717, 1.165) is 24.7 Å². The predicted octanol–water partition coefficient (Wildman–Crippen LogP) is 4.91. The number of benzene rings is 1. The first-order chi connectivity index (χ1) is 12.6. The maximum absolute atomic E-state index is 11.4. The molecule has 0 bridgehead atoms. The summed E-state index contributed by atoms with van der Waals surface area (Å²) in [6, 6.07) is 10.4. The lowest BCUT2D eigenvalue weighted by Gasteiger charge is -2.32.